The molecule has 0 aliphatic carbocycles. The number of carbonyl (C=O) groups excluding carboxylic acids is 1. The summed E-state index contributed by atoms with van der Waals surface area (Å²) in [5.41, 5.74) is 4.69. The van der Waals surface area contributed by atoms with Crippen molar-refractivity contribution in [3.63, 3.8) is 0 Å². The van der Waals surface area contributed by atoms with Gasteiger partial charge in [-0.1, -0.05) is 30.3 Å². The zero-order valence-corrected chi connectivity index (χ0v) is 18.6. The monoisotopic (exact) mass is 429 g/mol. The molecule has 0 spiro atoms. The minimum Gasteiger partial charge on any atom is -0.507 e. The second kappa shape index (κ2) is 8.80. The van der Waals surface area contributed by atoms with Crippen LogP contribution in [-0.4, -0.2) is 51.2 Å². The third kappa shape index (κ3) is 3.94. The molecule has 7 nitrogen and oxygen atoms in total. The van der Waals surface area contributed by atoms with Gasteiger partial charge in [0.25, 0.3) is 0 Å². The van der Waals surface area contributed by atoms with E-state index < -0.39 is 6.04 Å². The smallest absolute Gasteiger partial charge is 0.244 e. The third-order valence-corrected chi connectivity index (χ3v) is 5.79. The molecule has 1 atom stereocenters. The number of rotatable bonds is 6. The molecular weight excluding hydrogens is 402 g/mol. The number of H-pyrrole nitrogens is 1. The second-order valence-electron chi connectivity index (χ2n) is 8.10. The topological polar surface area (TPSA) is 94.1 Å². The van der Waals surface area contributed by atoms with Crippen molar-refractivity contribution in [3.05, 3.63) is 66.4 Å². The highest BCUT2D eigenvalue weighted by molar-refractivity contribution is 5.94. The van der Waals surface area contributed by atoms with Gasteiger partial charge < -0.3 is 15.3 Å². The number of hydrogen-bond donors (Lipinski definition) is 3. The fourth-order valence-corrected chi connectivity index (χ4v) is 3.74. The number of phenols is 1. The zero-order valence-electron chi connectivity index (χ0n) is 18.6. The Balaban J connectivity index is 1.75. The van der Waals surface area contributed by atoms with Crippen LogP contribution in [-0.2, 0) is 4.79 Å². The van der Waals surface area contributed by atoms with Crippen molar-refractivity contribution in [1.82, 2.24) is 25.4 Å². The number of para-hydroxylation sites is 1. The van der Waals surface area contributed by atoms with Crippen molar-refractivity contribution in [2.24, 2.45) is 0 Å². The van der Waals surface area contributed by atoms with Crippen molar-refractivity contribution in [1.29, 1.82) is 0 Å². The number of hydrogen-bond acceptors (Lipinski definition) is 5. The Kier molecular flexibility index (Phi) is 5.92. The first kappa shape index (κ1) is 21.5. The van der Waals surface area contributed by atoms with E-state index in [9.17, 15) is 9.90 Å². The van der Waals surface area contributed by atoms with Gasteiger partial charge in [-0.3, -0.25) is 9.89 Å². The van der Waals surface area contributed by atoms with E-state index >= 15 is 0 Å². The van der Waals surface area contributed by atoms with E-state index in [0.29, 0.717) is 16.9 Å². The molecule has 4 rings (SSSR count). The molecule has 0 aliphatic heterocycles. The maximum atomic E-state index is 13.0. The first-order valence-corrected chi connectivity index (χ1v) is 10.6. The van der Waals surface area contributed by atoms with Gasteiger partial charge in [-0.25, -0.2) is 4.98 Å². The number of likely N-dealkylation sites (N-methyl/N-ethyl adjacent to an activating group) is 2. The second-order valence-corrected chi connectivity index (χ2v) is 8.10. The van der Waals surface area contributed by atoms with Gasteiger partial charge >= 0.3 is 0 Å². The molecule has 1 amide bonds. The average molecular weight is 430 g/mol. The van der Waals surface area contributed by atoms with Gasteiger partial charge in [0, 0.05) is 35.8 Å². The maximum absolute atomic E-state index is 13.0. The van der Waals surface area contributed by atoms with E-state index in [2.05, 4.69) is 20.5 Å². The summed E-state index contributed by atoms with van der Waals surface area (Å²) in [5.74, 6) is 0.194. The fourth-order valence-electron chi connectivity index (χ4n) is 3.74. The molecule has 32 heavy (non-hydrogen) atoms. The molecule has 4 aromatic rings. The molecule has 3 N–H and O–H groups in total. The number of nitrogens with zero attached hydrogens (tertiary/aromatic N) is 3. The Morgan fingerprint density at radius 3 is 2.59 bits per heavy atom. The van der Waals surface area contributed by atoms with Gasteiger partial charge in [0.2, 0.25) is 5.91 Å². The van der Waals surface area contributed by atoms with Gasteiger partial charge in [0.1, 0.15) is 11.8 Å². The van der Waals surface area contributed by atoms with Crippen LogP contribution < -0.4 is 5.32 Å². The molecule has 2 aromatic heterocycles. The summed E-state index contributed by atoms with van der Waals surface area (Å²) in [6.07, 6.45) is 1.77. The Bertz CT molecular complexity index is 1260. The van der Waals surface area contributed by atoms with Gasteiger partial charge in [0.15, 0.2) is 5.65 Å². The Morgan fingerprint density at radius 2 is 1.88 bits per heavy atom. The number of fused-ring (bicyclic) bond motifs is 1. The summed E-state index contributed by atoms with van der Waals surface area (Å²) >= 11 is 0. The van der Waals surface area contributed by atoms with E-state index in [0.717, 1.165) is 22.1 Å². The van der Waals surface area contributed by atoms with Crippen molar-refractivity contribution in [2.45, 2.75) is 25.9 Å². The molecular formula is C25H27N5O2. The number of phenolic OH excluding ortho intramolecular Hbond substituents is 1. The van der Waals surface area contributed by atoms with Crippen LogP contribution in [0.2, 0.25) is 0 Å². The van der Waals surface area contributed by atoms with E-state index in [-0.39, 0.29) is 17.7 Å². The lowest BCUT2D eigenvalue weighted by atomic mass is 9.98. The highest BCUT2D eigenvalue weighted by atomic mass is 16.3. The van der Waals surface area contributed by atoms with E-state index in [1.54, 1.807) is 30.3 Å². The predicted octanol–water partition coefficient (Wildman–Crippen LogP) is 4.12. The number of aromatic hydroxyl groups is 1. The number of carbonyl (C=O) groups is 1. The van der Waals surface area contributed by atoms with Crippen LogP contribution in [0, 0.1) is 0 Å². The Morgan fingerprint density at radius 1 is 1.09 bits per heavy atom. The number of benzene rings is 2. The summed E-state index contributed by atoms with van der Waals surface area (Å²) < 4.78 is 0. The molecule has 0 fully saturated rings. The molecule has 7 heteroatoms. The van der Waals surface area contributed by atoms with Gasteiger partial charge in [-0.15, -0.1) is 0 Å². The van der Waals surface area contributed by atoms with Crippen LogP contribution in [0.1, 0.15) is 25.5 Å². The molecule has 2 heterocycles. The lowest BCUT2D eigenvalue weighted by molar-refractivity contribution is -0.133. The van der Waals surface area contributed by atoms with Crippen molar-refractivity contribution in [3.8, 4) is 28.1 Å². The normalized spacial score (nSPS) is 12.3. The van der Waals surface area contributed by atoms with Crippen LogP contribution in [0.4, 0.5) is 0 Å². The Hall–Kier alpha value is -3.71. The Labute approximate surface area is 187 Å². The standard InChI is InChI=1S/C25H27N5O2/c1-15(2)30(4)25(32)22(26-3)17-9-7-8-16(12-17)18-13-20-23(28-29-24(20)27-14-18)19-10-5-6-11-21(19)31/h5-15,22,26,31H,1-4H3,(H,27,28,29). The minimum absolute atomic E-state index is 0.0184. The number of aromatic amines is 1. The van der Waals surface area contributed by atoms with Crippen LogP contribution in [0.3, 0.4) is 0 Å². The van der Waals surface area contributed by atoms with Crippen LogP contribution in [0.5, 0.6) is 5.75 Å². The number of aromatic nitrogens is 3. The lowest BCUT2D eigenvalue weighted by Gasteiger charge is -2.27. The highest BCUT2D eigenvalue weighted by Gasteiger charge is 2.24. The maximum Gasteiger partial charge on any atom is 0.244 e. The molecule has 0 saturated carbocycles. The van der Waals surface area contributed by atoms with Crippen molar-refractivity contribution in [2.75, 3.05) is 14.1 Å². The first-order valence-electron chi connectivity index (χ1n) is 10.6. The highest BCUT2D eigenvalue weighted by Crippen LogP contribution is 2.34. The van der Waals surface area contributed by atoms with E-state index in [1.165, 1.54) is 0 Å². The molecule has 2 aromatic carbocycles. The largest absolute Gasteiger partial charge is 0.507 e. The van der Waals surface area contributed by atoms with Gasteiger partial charge in [-0.05, 0) is 56.3 Å². The predicted molar refractivity (Wildman–Crippen MR) is 126 cm³/mol. The van der Waals surface area contributed by atoms with Crippen molar-refractivity contribution < 1.29 is 9.90 Å². The zero-order chi connectivity index (χ0) is 22.8. The molecule has 0 aliphatic rings. The first-order chi connectivity index (χ1) is 15.4. The van der Waals surface area contributed by atoms with Gasteiger partial charge in [-0.2, -0.15) is 5.10 Å². The molecule has 1 unspecified atom stereocenters. The average Bonchev–Trinajstić information content (AvgIpc) is 3.22. The van der Waals surface area contributed by atoms with E-state index in [1.807, 2.05) is 63.4 Å². The summed E-state index contributed by atoms with van der Waals surface area (Å²) in [7, 11) is 3.61. The summed E-state index contributed by atoms with van der Waals surface area (Å²) in [4.78, 5) is 19.2. The van der Waals surface area contributed by atoms with Crippen molar-refractivity contribution >= 4 is 16.9 Å². The lowest BCUT2D eigenvalue weighted by Crippen LogP contribution is -2.41. The third-order valence-electron chi connectivity index (χ3n) is 5.79. The van der Waals surface area contributed by atoms with Gasteiger partial charge in [0.05, 0.1) is 5.69 Å². The quantitative estimate of drug-likeness (QED) is 0.429. The molecule has 0 bridgehead atoms. The number of nitrogens with one attached hydrogen (secondary N) is 2. The van der Waals surface area contributed by atoms with E-state index in [4.69, 9.17) is 0 Å². The summed E-state index contributed by atoms with van der Waals surface area (Å²) in [5, 5.41) is 21.5. The fraction of sp³-hybridized carbons (Fsp3) is 0.240. The van der Waals surface area contributed by atoms with Crippen LogP contribution in [0.25, 0.3) is 33.4 Å². The number of pyridine rings is 1. The number of amides is 1. The molecule has 0 saturated heterocycles. The summed E-state index contributed by atoms with van der Waals surface area (Å²) in [6, 6.07) is 16.7. The van der Waals surface area contributed by atoms with Crippen LogP contribution in [0.15, 0.2) is 60.8 Å². The molecule has 0 radical (unpaired) electrons. The van der Waals surface area contributed by atoms with Crippen LogP contribution >= 0.6 is 0 Å². The summed E-state index contributed by atoms with van der Waals surface area (Å²) in [6.45, 7) is 3.99. The SMILES string of the molecule is CNC(C(=O)N(C)C(C)C)c1cccc(-c2cnc3n[nH]c(-c4ccccc4O)c3c2)c1. The molecule has 164 valence electrons. The minimum atomic E-state index is -0.440.